The Morgan fingerprint density at radius 2 is 1.80 bits per heavy atom. The van der Waals surface area contributed by atoms with Gasteiger partial charge in [-0.25, -0.2) is 8.42 Å². The molecule has 8 nitrogen and oxygen atoms in total. The number of amides is 1. The van der Waals surface area contributed by atoms with Crippen molar-refractivity contribution in [3.8, 4) is 5.75 Å². The van der Waals surface area contributed by atoms with Gasteiger partial charge in [-0.3, -0.25) is 14.4 Å². The lowest BCUT2D eigenvalue weighted by Crippen LogP contribution is -2.45. The summed E-state index contributed by atoms with van der Waals surface area (Å²) in [6, 6.07) is 10.8. The Kier molecular flexibility index (Phi) is 6.27. The van der Waals surface area contributed by atoms with Crippen LogP contribution >= 0.6 is 15.9 Å². The number of ether oxygens (including phenoxy) is 2. The van der Waals surface area contributed by atoms with E-state index in [-0.39, 0.29) is 16.2 Å². The van der Waals surface area contributed by atoms with E-state index in [2.05, 4.69) is 26.0 Å². The Bertz CT molecular complexity index is 1110. The van der Waals surface area contributed by atoms with Gasteiger partial charge < -0.3 is 14.8 Å². The van der Waals surface area contributed by atoms with E-state index >= 15 is 0 Å². The van der Waals surface area contributed by atoms with Gasteiger partial charge in [-0.1, -0.05) is 33.6 Å². The highest BCUT2D eigenvalue weighted by Crippen LogP contribution is 2.40. The lowest BCUT2D eigenvalue weighted by Gasteiger charge is -2.29. The van der Waals surface area contributed by atoms with E-state index in [1.165, 1.54) is 24.3 Å². The number of hydrogen-bond donors (Lipinski definition) is 1. The van der Waals surface area contributed by atoms with Crippen LogP contribution in [0.1, 0.15) is 17.0 Å². The van der Waals surface area contributed by atoms with Crippen LogP contribution in [0.15, 0.2) is 51.8 Å². The van der Waals surface area contributed by atoms with Crippen molar-refractivity contribution in [3.05, 3.63) is 58.1 Å². The van der Waals surface area contributed by atoms with Crippen molar-refractivity contribution >= 4 is 43.6 Å². The van der Waals surface area contributed by atoms with Crippen LogP contribution < -0.4 is 10.1 Å². The van der Waals surface area contributed by atoms with Crippen molar-refractivity contribution in [3.63, 3.8) is 0 Å². The molecule has 0 spiro atoms. The molecule has 3 rings (SSSR count). The number of methoxy groups -OCH3 is 1. The molecule has 0 saturated carbocycles. The lowest BCUT2D eigenvalue weighted by molar-refractivity contribution is -0.159. The van der Waals surface area contributed by atoms with Crippen LogP contribution in [0.3, 0.4) is 0 Å². The van der Waals surface area contributed by atoms with Crippen molar-refractivity contribution in [1.82, 2.24) is 5.32 Å². The summed E-state index contributed by atoms with van der Waals surface area (Å²) in [5, 5.41) is 2.34. The maximum absolute atomic E-state index is 13.0. The molecular weight excluding hydrogens is 478 g/mol. The largest absolute Gasteiger partial charge is 0.468 e. The Balaban J connectivity index is 1.91. The van der Waals surface area contributed by atoms with Crippen molar-refractivity contribution in [1.29, 1.82) is 0 Å². The summed E-state index contributed by atoms with van der Waals surface area (Å²) in [6.45, 7) is 1.82. The van der Waals surface area contributed by atoms with Crippen LogP contribution in [0.5, 0.6) is 5.75 Å². The van der Waals surface area contributed by atoms with E-state index in [0.29, 0.717) is 4.47 Å². The fourth-order valence-electron chi connectivity index (χ4n) is 3.10. The SMILES string of the molecule is COC(=O)[C@H]1C(=O)Oc2ccc(Br)cc2[C@H]1C(=O)NCS(=O)(=O)c1ccc(C)cc1. The summed E-state index contributed by atoms with van der Waals surface area (Å²) in [4.78, 5) is 37.6. The van der Waals surface area contributed by atoms with Crippen molar-refractivity contribution in [2.24, 2.45) is 5.92 Å². The minimum atomic E-state index is -3.83. The van der Waals surface area contributed by atoms with Gasteiger partial charge in [0.2, 0.25) is 5.91 Å². The molecule has 0 bridgehead atoms. The number of sulfone groups is 1. The van der Waals surface area contributed by atoms with E-state index in [4.69, 9.17) is 4.74 Å². The number of halogens is 1. The first-order valence-electron chi connectivity index (χ1n) is 8.80. The highest BCUT2D eigenvalue weighted by atomic mass is 79.9. The summed E-state index contributed by atoms with van der Waals surface area (Å²) in [5.41, 5.74) is 1.16. The molecule has 1 aliphatic rings. The van der Waals surface area contributed by atoms with Crippen LogP contribution in [-0.2, 0) is 29.0 Å². The third-order valence-electron chi connectivity index (χ3n) is 4.66. The average molecular weight is 496 g/mol. The summed E-state index contributed by atoms with van der Waals surface area (Å²) >= 11 is 3.28. The zero-order valence-electron chi connectivity index (χ0n) is 16.0. The van der Waals surface area contributed by atoms with E-state index in [0.717, 1.165) is 12.7 Å². The molecule has 0 saturated heterocycles. The lowest BCUT2D eigenvalue weighted by atomic mass is 9.82. The standard InChI is InChI=1S/C20H18BrNO7S/c1-11-3-6-13(7-4-11)30(26,27)10-22-18(23)16-14-9-12(21)5-8-15(14)29-20(25)17(16)19(24)28-2/h3-9,16-17H,10H2,1-2H3,(H,22,23)/t16-,17+/m1/s1. The normalized spacial score (nSPS) is 18.2. The predicted octanol–water partition coefficient (Wildman–Crippen LogP) is 2.10. The summed E-state index contributed by atoms with van der Waals surface area (Å²) < 4.78 is 35.5. The maximum atomic E-state index is 13.0. The molecular formula is C20H18BrNO7S. The predicted molar refractivity (Wildman–Crippen MR) is 109 cm³/mol. The van der Waals surface area contributed by atoms with E-state index in [9.17, 15) is 22.8 Å². The van der Waals surface area contributed by atoms with Gasteiger partial charge in [0.05, 0.1) is 17.9 Å². The number of rotatable bonds is 5. The average Bonchev–Trinajstić information content (AvgIpc) is 2.71. The smallest absolute Gasteiger partial charge is 0.326 e. The van der Waals surface area contributed by atoms with Gasteiger partial charge in [0.25, 0.3) is 0 Å². The second-order valence-electron chi connectivity index (χ2n) is 6.69. The van der Waals surface area contributed by atoms with Crippen molar-refractivity contribution in [2.45, 2.75) is 17.7 Å². The molecule has 10 heteroatoms. The molecule has 2 aromatic rings. The zero-order chi connectivity index (χ0) is 22.1. The fraction of sp³-hybridized carbons (Fsp3) is 0.250. The minimum absolute atomic E-state index is 0.0455. The molecule has 0 unspecified atom stereocenters. The van der Waals surface area contributed by atoms with Gasteiger partial charge in [0.1, 0.15) is 11.6 Å². The topological polar surface area (TPSA) is 116 Å². The van der Waals surface area contributed by atoms with E-state index < -0.39 is 45.4 Å². The van der Waals surface area contributed by atoms with Crippen molar-refractivity contribution in [2.75, 3.05) is 13.0 Å². The van der Waals surface area contributed by atoms with Crippen LogP contribution in [0.25, 0.3) is 0 Å². The Labute approximate surface area is 181 Å². The monoisotopic (exact) mass is 495 g/mol. The maximum Gasteiger partial charge on any atom is 0.326 e. The summed E-state index contributed by atoms with van der Waals surface area (Å²) in [7, 11) is -2.74. The molecule has 1 aliphatic heterocycles. The number of esters is 2. The van der Waals surface area contributed by atoms with Crippen LogP contribution in [0.4, 0.5) is 0 Å². The number of hydrogen-bond acceptors (Lipinski definition) is 7. The number of carbonyl (C=O) groups excluding carboxylic acids is 3. The molecule has 0 aliphatic carbocycles. The number of aryl methyl sites for hydroxylation is 1. The molecule has 158 valence electrons. The summed E-state index contributed by atoms with van der Waals surface area (Å²) in [6.07, 6.45) is 0. The second-order valence-corrected chi connectivity index (χ2v) is 9.60. The zero-order valence-corrected chi connectivity index (χ0v) is 18.4. The number of nitrogens with one attached hydrogen (secondary N) is 1. The van der Waals surface area contributed by atoms with Gasteiger partial charge >= 0.3 is 11.9 Å². The van der Waals surface area contributed by atoms with Gasteiger partial charge in [-0.2, -0.15) is 0 Å². The quantitative estimate of drug-likeness (QED) is 0.383. The van der Waals surface area contributed by atoms with Gasteiger partial charge in [-0.15, -0.1) is 0 Å². The molecule has 30 heavy (non-hydrogen) atoms. The molecule has 1 amide bonds. The van der Waals surface area contributed by atoms with Crippen LogP contribution in [-0.4, -0.2) is 39.3 Å². The van der Waals surface area contributed by atoms with E-state index in [1.807, 2.05) is 6.92 Å². The van der Waals surface area contributed by atoms with E-state index in [1.54, 1.807) is 18.2 Å². The number of carbonyl (C=O) groups is 3. The van der Waals surface area contributed by atoms with Gasteiger partial charge in [0.15, 0.2) is 15.8 Å². The first-order chi connectivity index (χ1) is 14.1. The first kappa shape index (κ1) is 22.0. The molecule has 0 radical (unpaired) electrons. The van der Waals surface area contributed by atoms with Crippen LogP contribution in [0, 0.1) is 12.8 Å². The third kappa shape index (κ3) is 4.39. The molecule has 0 aromatic heterocycles. The molecule has 2 atom stereocenters. The fourth-order valence-corrected chi connectivity index (χ4v) is 4.53. The summed E-state index contributed by atoms with van der Waals surface area (Å²) in [5.74, 6) is -6.15. The van der Waals surface area contributed by atoms with Gasteiger partial charge in [-0.05, 0) is 37.3 Å². The number of fused-ring (bicyclic) bond motifs is 1. The Hall–Kier alpha value is -2.72. The minimum Gasteiger partial charge on any atom is -0.468 e. The third-order valence-corrected chi connectivity index (χ3v) is 6.67. The Morgan fingerprint density at radius 1 is 1.13 bits per heavy atom. The highest BCUT2D eigenvalue weighted by Gasteiger charge is 2.47. The Morgan fingerprint density at radius 3 is 2.43 bits per heavy atom. The van der Waals surface area contributed by atoms with Crippen LogP contribution in [0.2, 0.25) is 0 Å². The number of benzene rings is 2. The first-order valence-corrected chi connectivity index (χ1v) is 11.2. The van der Waals surface area contributed by atoms with Crippen molar-refractivity contribution < 1.29 is 32.3 Å². The molecule has 1 N–H and O–H groups in total. The second kappa shape index (κ2) is 8.57. The molecule has 2 aromatic carbocycles. The highest BCUT2D eigenvalue weighted by molar-refractivity contribution is 9.10. The van der Waals surface area contributed by atoms with Gasteiger partial charge in [0, 0.05) is 10.0 Å². The molecule has 1 heterocycles. The molecule has 0 fully saturated rings.